The molecule has 0 aliphatic carbocycles. The van der Waals surface area contributed by atoms with Gasteiger partial charge >= 0.3 is 37.0 Å². The zero-order chi connectivity index (χ0) is 64.5. The first-order valence-corrected chi connectivity index (χ1v) is 20.0. The number of carbonyl (C=O) groups is 4. The van der Waals surface area contributed by atoms with Crippen LogP contribution >= 0.6 is 0 Å². The summed E-state index contributed by atoms with van der Waals surface area (Å²) >= 11 is 0. The Balaban J connectivity index is 0.000000304. The van der Waals surface area contributed by atoms with Crippen LogP contribution in [0.15, 0.2) is 85.2 Å². The van der Waals surface area contributed by atoms with E-state index in [2.05, 4.69) is 38.4 Å². The standard InChI is InChI=1S/C23H14F8N2O6.C15H9F5N2O3.C8H6F4O3/c1-36-19-15(8-7-14(18(19)25)39-23(29,30)31)38-13-6-4-11(22(26,27)28)17(24)16(13)20(34)33-10-3-5-12(32-9-10)21(35)37-2;1-25-14(24)10-5-2-7(6-21-10)22-13(23)11-9(16)4-3-8(12(11)17)15(18,19)20;1-14-7-4(13)2-3-5(6(7)9)15-8(10,11)12/h3-9H,1-2H3,(H,33,34);2-6H,1H3,(H,22,23);2-3,13H,1H3/i1D3;;1D3. The number of esters is 2. The fourth-order valence-electron chi connectivity index (χ4n) is 5.67. The number of phenolic OH excluding ortho intramolecular Hbond substituents is 1. The van der Waals surface area contributed by atoms with Crippen molar-refractivity contribution < 1.29 is 140 Å². The van der Waals surface area contributed by atoms with Gasteiger partial charge in [-0.1, -0.05) is 0 Å². The number of methoxy groups -OCH3 is 4. The lowest BCUT2D eigenvalue weighted by atomic mass is 10.1. The number of aromatic hydroxyl groups is 1. The van der Waals surface area contributed by atoms with E-state index < -0.39 is 154 Å². The number of nitrogens with zero attached hydrogens (tertiary/aromatic N) is 2. The number of aromatic nitrogens is 2. The maximum Gasteiger partial charge on any atom is 0.573 e. The van der Waals surface area contributed by atoms with Gasteiger partial charge in [-0.3, -0.25) is 9.59 Å². The van der Waals surface area contributed by atoms with E-state index in [4.69, 9.17) is 18.1 Å². The summed E-state index contributed by atoms with van der Waals surface area (Å²) in [4.78, 5) is 54.9. The summed E-state index contributed by atoms with van der Waals surface area (Å²) in [5.74, 6) is -22.9. The summed E-state index contributed by atoms with van der Waals surface area (Å²) in [5.41, 5.74) is -7.22. The third-order valence-corrected chi connectivity index (χ3v) is 9.03. The number of hydrogen-bond donors (Lipinski definition) is 3. The molecule has 0 unspecified atom stereocenters. The second kappa shape index (κ2) is 25.2. The van der Waals surface area contributed by atoms with Gasteiger partial charge in [0, 0.05) is 0 Å². The van der Waals surface area contributed by atoms with Gasteiger partial charge in [0.05, 0.1) is 71.4 Å². The molecule has 2 aromatic heterocycles. The Morgan fingerprint density at radius 1 is 0.506 bits per heavy atom. The first-order chi connectivity index (χ1) is 38.9. The monoisotopic (exact) mass is 1160 g/mol. The quantitative estimate of drug-likeness (QED) is 0.0771. The van der Waals surface area contributed by atoms with Crippen LogP contribution in [0.3, 0.4) is 0 Å². The van der Waals surface area contributed by atoms with E-state index in [1.54, 1.807) is 0 Å². The van der Waals surface area contributed by atoms with Gasteiger partial charge in [0.25, 0.3) is 11.8 Å². The Morgan fingerprint density at radius 2 is 0.911 bits per heavy atom. The number of halogens is 17. The van der Waals surface area contributed by atoms with E-state index >= 15 is 4.39 Å². The fourth-order valence-corrected chi connectivity index (χ4v) is 5.67. The molecule has 2 amide bonds. The highest BCUT2D eigenvalue weighted by Crippen LogP contribution is 2.43. The minimum atomic E-state index is -5.44. The van der Waals surface area contributed by atoms with Crippen LogP contribution in [-0.2, 0) is 21.8 Å². The summed E-state index contributed by atoms with van der Waals surface area (Å²) in [6, 6.07) is 7.40. The second-order valence-electron chi connectivity index (χ2n) is 14.2. The SMILES string of the molecule is COC(=O)c1ccc(NC(=O)c2c(F)ccc(C(F)(F)F)c2F)cn1.[2H]C([2H])([2H])Oc1c(O)ccc(OC(F)(F)F)c1F.[2H]C([2H])([2H])Oc1c(Oc2ccc(C(F)(F)F)c(F)c2C(=O)Nc2ccc(C(=O)OC)nc2)ccc(OC(F)(F)F)c1F. The zero-order valence-corrected chi connectivity index (χ0v) is 38.3. The third kappa shape index (κ3) is 16.3. The van der Waals surface area contributed by atoms with Crippen molar-refractivity contribution in [2.75, 3.05) is 38.9 Å². The molecule has 3 N–H and O–H groups in total. The molecule has 0 saturated carbocycles. The largest absolute Gasteiger partial charge is 0.573 e. The summed E-state index contributed by atoms with van der Waals surface area (Å²) in [6.45, 7) is 0. The highest BCUT2D eigenvalue weighted by molar-refractivity contribution is 6.07. The highest BCUT2D eigenvalue weighted by atomic mass is 19.4. The molecule has 0 bridgehead atoms. The second-order valence-corrected chi connectivity index (χ2v) is 14.2. The summed E-state index contributed by atoms with van der Waals surface area (Å²) in [7, 11) is -4.46. The van der Waals surface area contributed by atoms with Crippen LogP contribution in [0, 0.1) is 29.1 Å². The minimum absolute atomic E-state index is 0.0890. The minimum Gasteiger partial charge on any atom is -0.504 e. The number of benzene rings is 4. The molecule has 0 fully saturated rings. The summed E-state index contributed by atoms with van der Waals surface area (Å²) in [5, 5.41) is 13.1. The van der Waals surface area contributed by atoms with Crippen LogP contribution in [0.5, 0.6) is 40.2 Å². The molecular formula is C46H29F17N4O12. The van der Waals surface area contributed by atoms with E-state index in [0.717, 1.165) is 44.8 Å². The lowest BCUT2D eigenvalue weighted by molar-refractivity contribution is -0.276. The van der Waals surface area contributed by atoms with E-state index in [9.17, 15) is 89.4 Å². The van der Waals surface area contributed by atoms with Crippen LogP contribution in [0.1, 0.15) is 61.0 Å². The Hall–Kier alpha value is -9.33. The number of alkyl halides is 12. The van der Waals surface area contributed by atoms with Gasteiger partial charge in [0.1, 0.15) is 34.1 Å². The number of nitrogens with one attached hydrogen (secondary N) is 2. The third-order valence-electron chi connectivity index (χ3n) is 9.03. The van der Waals surface area contributed by atoms with Crippen LogP contribution < -0.4 is 34.3 Å². The van der Waals surface area contributed by atoms with E-state index in [-0.39, 0.29) is 34.9 Å². The molecule has 79 heavy (non-hydrogen) atoms. The smallest absolute Gasteiger partial charge is 0.504 e. The molecule has 4 aromatic carbocycles. The predicted octanol–water partition coefficient (Wildman–Crippen LogP) is 12.0. The number of hydrogen-bond acceptors (Lipinski definition) is 14. The summed E-state index contributed by atoms with van der Waals surface area (Å²) < 4.78 is 293. The first kappa shape index (κ1) is 53.1. The van der Waals surface area contributed by atoms with Crippen molar-refractivity contribution in [3.05, 3.63) is 148 Å². The number of anilines is 2. The molecule has 0 saturated heterocycles. The molecule has 424 valence electrons. The number of rotatable bonds is 12. The molecule has 16 nitrogen and oxygen atoms in total. The molecule has 2 heterocycles. The number of carbonyl (C=O) groups excluding carboxylic acids is 4. The predicted molar refractivity (Wildman–Crippen MR) is 231 cm³/mol. The molecule has 0 spiro atoms. The van der Waals surface area contributed by atoms with Crippen LogP contribution in [0.25, 0.3) is 0 Å². The lowest BCUT2D eigenvalue weighted by Crippen LogP contribution is -2.19. The van der Waals surface area contributed by atoms with Crippen LogP contribution in [0.2, 0.25) is 0 Å². The maximum absolute atomic E-state index is 15.1. The van der Waals surface area contributed by atoms with Gasteiger partial charge in [-0.25, -0.2) is 32.7 Å². The average molecular weight is 1160 g/mol. The Kier molecular flexibility index (Phi) is 16.9. The Labute approximate surface area is 437 Å². The van der Waals surface area contributed by atoms with Crippen molar-refractivity contribution in [3.8, 4) is 40.2 Å². The van der Waals surface area contributed by atoms with Gasteiger partial charge in [0.15, 0.2) is 40.4 Å². The molecule has 0 aliphatic rings. The number of amides is 2. The van der Waals surface area contributed by atoms with Crippen LogP contribution in [-0.4, -0.2) is 79.8 Å². The fraction of sp³-hybridized carbons (Fsp3) is 0.174. The van der Waals surface area contributed by atoms with Gasteiger partial charge in [-0.05, 0) is 72.8 Å². The topological polar surface area (TPSA) is 203 Å². The molecular weight excluding hydrogens is 1120 g/mol. The maximum atomic E-state index is 15.1. The molecule has 6 aromatic rings. The van der Waals surface area contributed by atoms with Gasteiger partial charge in [-0.15, -0.1) is 26.3 Å². The van der Waals surface area contributed by atoms with Crippen molar-refractivity contribution in [3.63, 3.8) is 0 Å². The Bertz CT molecular complexity index is 3420. The van der Waals surface area contributed by atoms with Crippen molar-refractivity contribution in [1.82, 2.24) is 9.97 Å². The molecule has 6 rings (SSSR count). The number of pyridine rings is 2. The van der Waals surface area contributed by atoms with Crippen molar-refractivity contribution in [1.29, 1.82) is 0 Å². The number of ether oxygens (including phenoxy) is 7. The lowest BCUT2D eigenvalue weighted by Gasteiger charge is -2.18. The van der Waals surface area contributed by atoms with Crippen molar-refractivity contribution >= 4 is 35.1 Å². The average Bonchev–Trinajstić information content (AvgIpc) is 2.37. The van der Waals surface area contributed by atoms with E-state index in [1.807, 2.05) is 10.6 Å². The zero-order valence-electron chi connectivity index (χ0n) is 44.3. The number of phenols is 1. The van der Waals surface area contributed by atoms with Gasteiger partial charge in [0.2, 0.25) is 17.4 Å². The molecule has 0 aliphatic heterocycles. The van der Waals surface area contributed by atoms with E-state index in [1.165, 1.54) is 6.07 Å². The Morgan fingerprint density at radius 3 is 1.34 bits per heavy atom. The van der Waals surface area contributed by atoms with Gasteiger partial charge in [-0.2, -0.15) is 35.1 Å². The molecule has 33 heteroatoms. The van der Waals surface area contributed by atoms with Crippen molar-refractivity contribution in [2.24, 2.45) is 0 Å². The van der Waals surface area contributed by atoms with Crippen molar-refractivity contribution in [2.45, 2.75) is 25.1 Å². The normalized spacial score (nSPS) is 12.8. The molecule has 0 radical (unpaired) electrons. The summed E-state index contributed by atoms with van der Waals surface area (Å²) in [6.07, 6.45) is -19.2. The van der Waals surface area contributed by atoms with E-state index in [0.29, 0.717) is 36.4 Å². The van der Waals surface area contributed by atoms with Gasteiger partial charge < -0.3 is 48.9 Å². The first-order valence-electron chi connectivity index (χ1n) is 23.0. The van der Waals surface area contributed by atoms with Crippen LogP contribution in [0.4, 0.5) is 86.0 Å². The highest BCUT2D eigenvalue weighted by Gasteiger charge is 2.40. The molecule has 0 atom stereocenters.